The molecule has 198 valence electrons. The maximum atomic E-state index is 13.0. The lowest BCUT2D eigenvalue weighted by atomic mass is 10.1. The van der Waals surface area contributed by atoms with Crippen LogP contribution in [0.4, 0.5) is 21.9 Å². The van der Waals surface area contributed by atoms with Gasteiger partial charge in [0.1, 0.15) is 0 Å². The number of aryl methyl sites for hydroxylation is 1. The van der Waals surface area contributed by atoms with Gasteiger partial charge in [-0.1, -0.05) is 36.4 Å². The number of thioether (sulfide) groups is 1. The van der Waals surface area contributed by atoms with Gasteiger partial charge < -0.3 is 20.5 Å². The van der Waals surface area contributed by atoms with E-state index in [0.717, 1.165) is 38.2 Å². The zero-order valence-corrected chi connectivity index (χ0v) is 22.2. The Morgan fingerprint density at radius 3 is 2.80 bits per heavy atom. The molecule has 0 unspecified atom stereocenters. The van der Waals surface area contributed by atoms with Crippen LogP contribution in [0.5, 0.6) is 0 Å². The summed E-state index contributed by atoms with van der Waals surface area (Å²) in [5.41, 5.74) is 5.83. The highest BCUT2D eigenvalue weighted by Crippen LogP contribution is 2.38. The van der Waals surface area contributed by atoms with Crippen molar-refractivity contribution in [2.75, 3.05) is 21.3 Å². The third-order valence-corrected chi connectivity index (χ3v) is 7.74. The van der Waals surface area contributed by atoms with Crippen molar-refractivity contribution in [1.29, 1.82) is 5.26 Å². The van der Waals surface area contributed by atoms with Gasteiger partial charge in [-0.15, -0.1) is 11.8 Å². The molecular weight excluding hydrogens is 522 g/mol. The number of nitrogens with zero attached hydrogens (tertiary/aromatic N) is 4. The fraction of sp³-hybridized carbons (Fsp3) is 0.133. The number of H-pyrrole nitrogens is 1. The average molecular weight is 548 g/mol. The van der Waals surface area contributed by atoms with E-state index >= 15 is 0 Å². The molecular formula is C30H25N7O2S. The lowest BCUT2D eigenvalue weighted by Crippen LogP contribution is -2.34. The van der Waals surface area contributed by atoms with E-state index in [4.69, 9.17) is 5.26 Å². The van der Waals surface area contributed by atoms with Gasteiger partial charge in [0.2, 0.25) is 5.91 Å². The molecule has 6 rings (SSSR count). The van der Waals surface area contributed by atoms with E-state index in [-0.39, 0.29) is 11.9 Å². The van der Waals surface area contributed by atoms with Gasteiger partial charge in [0, 0.05) is 39.4 Å². The fourth-order valence-electron chi connectivity index (χ4n) is 4.71. The topological polar surface area (TPSA) is 119 Å². The first-order valence-corrected chi connectivity index (χ1v) is 13.8. The van der Waals surface area contributed by atoms with E-state index in [9.17, 15) is 9.59 Å². The summed E-state index contributed by atoms with van der Waals surface area (Å²) in [6.45, 7) is 1.01. The SMILES string of the molecule is N#CCCn1cc(-c2ccc3[nH]cc(NC(=O)Nc4ccc5c(c4)N(Cc4ccccc4)C(=O)CS5)c3c2)cn1. The van der Waals surface area contributed by atoms with E-state index in [0.29, 0.717) is 36.6 Å². The molecule has 5 aromatic rings. The highest BCUT2D eigenvalue weighted by molar-refractivity contribution is 8.00. The summed E-state index contributed by atoms with van der Waals surface area (Å²) in [5, 5.41) is 19.9. The predicted octanol–water partition coefficient (Wildman–Crippen LogP) is 6.23. The highest BCUT2D eigenvalue weighted by atomic mass is 32.2. The van der Waals surface area contributed by atoms with E-state index in [2.05, 4.69) is 26.8 Å². The third-order valence-electron chi connectivity index (χ3n) is 6.69. The van der Waals surface area contributed by atoms with Crippen molar-refractivity contribution in [3.05, 3.63) is 90.9 Å². The molecule has 3 heterocycles. The zero-order chi connectivity index (χ0) is 27.5. The van der Waals surface area contributed by atoms with Gasteiger partial charge in [-0.05, 0) is 41.5 Å². The molecule has 0 fully saturated rings. The summed E-state index contributed by atoms with van der Waals surface area (Å²) < 4.78 is 1.75. The number of hydrogen-bond donors (Lipinski definition) is 3. The summed E-state index contributed by atoms with van der Waals surface area (Å²) in [6, 6.07) is 23.2. The Morgan fingerprint density at radius 2 is 1.95 bits per heavy atom. The quantitative estimate of drug-likeness (QED) is 0.223. The maximum Gasteiger partial charge on any atom is 0.323 e. The Kier molecular flexibility index (Phi) is 6.95. The molecule has 3 N–H and O–H groups in total. The molecule has 2 aromatic heterocycles. The summed E-state index contributed by atoms with van der Waals surface area (Å²) >= 11 is 1.50. The van der Waals surface area contributed by atoms with Crippen LogP contribution in [-0.2, 0) is 17.9 Å². The van der Waals surface area contributed by atoms with Crippen molar-refractivity contribution in [2.45, 2.75) is 24.4 Å². The largest absolute Gasteiger partial charge is 0.359 e. The number of rotatable bonds is 7. The first-order valence-electron chi connectivity index (χ1n) is 12.8. The van der Waals surface area contributed by atoms with Gasteiger partial charge >= 0.3 is 6.03 Å². The fourth-order valence-corrected chi connectivity index (χ4v) is 5.62. The van der Waals surface area contributed by atoms with Gasteiger partial charge in [0.25, 0.3) is 0 Å². The van der Waals surface area contributed by atoms with E-state index in [1.165, 1.54) is 11.8 Å². The number of benzene rings is 3. The first-order chi connectivity index (χ1) is 19.6. The average Bonchev–Trinajstić information content (AvgIpc) is 3.61. The van der Waals surface area contributed by atoms with Gasteiger partial charge in [-0.2, -0.15) is 10.4 Å². The lowest BCUT2D eigenvalue weighted by molar-refractivity contribution is -0.116. The van der Waals surface area contributed by atoms with Gasteiger partial charge in [0.15, 0.2) is 0 Å². The number of urea groups is 1. The van der Waals surface area contributed by atoms with Crippen LogP contribution in [0.1, 0.15) is 12.0 Å². The number of carbonyl (C=O) groups excluding carboxylic acids is 2. The molecule has 0 radical (unpaired) electrons. The molecule has 0 bridgehead atoms. The van der Waals surface area contributed by atoms with E-state index < -0.39 is 0 Å². The Labute approximate surface area is 234 Å². The van der Waals surface area contributed by atoms with Crippen molar-refractivity contribution < 1.29 is 9.59 Å². The van der Waals surface area contributed by atoms with Crippen LogP contribution < -0.4 is 15.5 Å². The van der Waals surface area contributed by atoms with Crippen LogP contribution in [0, 0.1) is 11.3 Å². The summed E-state index contributed by atoms with van der Waals surface area (Å²) in [5.74, 6) is 0.421. The number of nitrogens with one attached hydrogen (secondary N) is 3. The molecule has 1 aliphatic heterocycles. The van der Waals surface area contributed by atoms with Crippen molar-refractivity contribution in [3.63, 3.8) is 0 Å². The molecule has 10 heteroatoms. The molecule has 3 aromatic carbocycles. The Morgan fingerprint density at radius 1 is 1.07 bits per heavy atom. The van der Waals surface area contributed by atoms with Crippen LogP contribution in [0.15, 0.2) is 90.2 Å². The smallest absolute Gasteiger partial charge is 0.323 e. The number of anilines is 3. The Balaban J connectivity index is 1.19. The zero-order valence-electron chi connectivity index (χ0n) is 21.4. The maximum absolute atomic E-state index is 13.0. The molecule has 1 aliphatic rings. The standard InChI is InChI=1S/C30H25N7O2S/c31-11-4-12-36-18-22(15-33-36)21-7-9-25-24(13-21)26(16-32-25)35-30(39)34-23-8-10-28-27(14-23)37(29(38)19-40-28)17-20-5-2-1-3-6-20/h1-3,5-10,13-16,18,32H,4,12,17,19H2,(H2,34,35,39). The number of amides is 3. The monoisotopic (exact) mass is 547 g/mol. The highest BCUT2D eigenvalue weighted by Gasteiger charge is 2.25. The molecule has 0 spiro atoms. The number of fused-ring (bicyclic) bond motifs is 2. The van der Waals surface area contributed by atoms with E-state index in [1.807, 2.05) is 72.9 Å². The molecule has 0 atom stereocenters. The van der Waals surface area contributed by atoms with Crippen LogP contribution in [0.3, 0.4) is 0 Å². The predicted molar refractivity (Wildman–Crippen MR) is 157 cm³/mol. The van der Waals surface area contributed by atoms with Crippen LogP contribution in [0.2, 0.25) is 0 Å². The first kappa shape index (κ1) is 25.3. The van der Waals surface area contributed by atoms with E-state index in [1.54, 1.807) is 22.0 Å². The summed E-state index contributed by atoms with van der Waals surface area (Å²) in [4.78, 5) is 31.8. The second-order valence-corrected chi connectivity index (χ2v) is 10.4. The third kappa shape index (κ3) is 5.28. The van der Waals surface area contributed by atoms with Crippen molar-refractivity contribution >= 4 is 51.7 Å². The minimum atomic E-state index is -0.389. The molecule has 0 aliphatic carbocycles. The van der Waals surface area contributed by atoms with Crippen molar-refractivity contribution in [2.24, 2.45) is 0 Å². The van der Waals surface area contributed by atoms with Crippen LogP contribution in [0.25, 0.3) is 22.0 Å². The molecule has 0 saturated heterocycles. The number of aromatic amines is 1. The minimum Gasteiger partial charge on any atom is -0.359 e. The molecule has 0 saturated carbocycles. The van der Waals surface area contributed by atoms with Gasteiger partial charge in [-0.3, -0.25) is 9.48 Å². The molecule has 3 amide bonds. The van der Waals surface area contributed by atoms with Gasteiger partial charge in [0.05, 0.1) is 48.9 Å². The van der Waals surface area contributed by atoms with Crippen LogP contribution >= 0.6 is 11.8 Å². The Bertz CT molecular complexity index is 1750. The van der Waals surface area contributed by atoms with Crippen LogP contribution in [-0.4, -0.2) is 32.5 Å². The minimum absolute atomic E-state index is 0.0353. The normalized spacial score (nSPS) is 12.7. The second kappa shape index (κ2) is 11.0. The lowest BCUT2D eigenvalue weighted by Gasteiger charge is -2.29. The number of carbonyl (C=O) groups is 2. The Hall–Kier alpha value is -5.01. The molecule has 9 nitrogen and oxygen atoms in total. The van der Waals surface area contributed by atoms with Gasteiger partial charge in [-0.25, -0.2) is 4.79 Å². The van der Waals surface area contributed by atoms with Crippen molar-refractivity contribution in [1.82, 2.24) is 14.8 Å². The summed E-state index contributed by atoms with van der Waals surface area (Å²) in [6.07, 6.45) is 5.83. The number of nitriles is 1. The number of aromatic nitrogens is 3. The number of hydrogen-bond acceptors (Lipinski definition) is 5. The summed E-state index contributed by atoms with van der Waals surface area (Å²) in [7, 11) is 0. The molecule has 40 heavy (non-hydrogen) atoms. The van der Waals surface area contributed by atoms with Crippen molar-refractivity contribution in [3.8, 4) is 17.2 Å². The second-order valence-electron chi connectivity index (χ2n) is 9.38.